The quantitative estimate of drug-likeness (QED) is 0.317. The van der Waals surface area contributed by atoms with Gasteiger partial charge in [0, 0.05) is 11.8 Å². The van der Waals surface area contributed by atoms with Crippen molar-refractivity contribution < 1.29 is 9.53 Å². The van der Waals surface area contributed by atoms with Gasteiger partial charge >= 0.3 is 5.97 Å². The van der Waals surface area contributed by atoms with Crippen LogP contribution in [0, 0.1) is 0 Å². The van der Waals surface area contributed by atoms with Crippen LogP contribution in [0.1, 0.15) is 15.9 Å². The molecule has 0 fully saturated rings. The molecule has 5 nitrogen and oxygen atoms in total. The molecule has 6 heteroatoms. The average molecular weight is 362 g/mol. The summed E-state index contributed by atoms with van der Waals surface area (Å²) in [6.45, 7) is 0. The molecule has 0 radical (unpaired) electrons. The van der Waals surface area contributed by atoms with Gasteiger partial charge in [0.05, 0.1) is 22.0 Å². The number of nitrogens with zero attached hydrogens (tertiary/aromatic N) is 3. The van der Waals surface area contributed by atoms with Crippen molar-refractivity contribution in [2.24, 2.45) is 15.2 Å². The van der Waals surface area contributed by atoms with E-state index in [1.165, 1.54) is 0 Å². The summed E-state index contributed by atoms with van der Waals surface area (Å²) in [4.78, 5) is 16.7. The topological polar surface area (TPSA) is 63.4 Å². The van der Waals surface area contributed by atoms with E-state index in [9.17, 15) is 4.79 Å². The molecule has 26 heavy (non-hydrogen) atoms. The van der Waals surface area contributed by atoms with Crippen LogP contribution in [-0.2, 0) is 0 Å². The van der Waals surface area contributed by atoms with Crippen LogP contribution < -0.4 is 4.74 Å². The second-order valence-corrected chi connectivity index (χ2v) is 5.95. The van der Waals surface area contributed by atoms with Gasteiger partial charge in [0.15, 0.2) is 0 Å². The van der Waals surface area contributed by atoms with E-state index in [2.05, 4.69) is 15.2 Å². The number of aliphatic imine (C=N–C) groups is 1. The van der Waals surface area contributed by atoms with E-state index in [0.29, 0.717) is 39.0 Å². The van der Waals surface area contributed by atoms with Gasteiger partial charge in [-0.05, 0) is 42.5 Å². The zero-order valence-corrected chi connectivity index (χ0v) is 14.2. The van der Waals surface area contributed by atoms with Crippen molar-refractivity contribution in [3.63, 3.8) is 0 Å². The van der Waals surface area contributed by atoms with Crippen LogP contribution in [0.15, 0.2) is 82.0 Å². The molecule has 0 saturated carbocycles. The molecule has 0 saturated heterocycles. The van der Waals surface area contributed by atoms with Gasteiger partial charge in [-0.15, -0.1) is 5.11 Å². The van der Waals surface area contributed by atoms with Crippen LogP contribution in [0.2, 0.25) is 5.02 Å². The Labute approximate surface area is 154 Å². The number of esters is 1. The fraction of sp³-hybridized carbons (Fsp3) is 0. The lowest BCUT2D eigenvalue weighted by Gasteiger charge is -2.12. The maximum absolute atomic E-state index is 12.3. The van der Waals surface area contributed by atoms with Gasteiger partial charge in [0.1, 0.15) is 11.4 Å². The molecule has 1 heterocycles. The lowest BCUT2D eigenvalue weighted by Crippen LogP contribution is -2.11. The summed E-state index contributed by atoms with van der Waals surface area (Å²) in [5.41, 5.74) is 2.81. The fourth-order valence-corrected chi connectivity index (χ4v) is 2.66. The number of hydrogen-bond donors (Lipinski definition) is 0. The number of carbonyl (C=O) groups is 1. The van der Waals surface area contributed by atoms with Gasteiger partial charge in [0.2, 0.25) is 0 Å². The summed E-state index contributed by atoms with van der Waals surface area (Å²) < 4.78 is 5.48. The predicted octanol–water partition coefficient (Wildman–Crippen LogP) is 6.04. The molecule has 1 aliphatic heterocycles. The molecule has 0 atom stereocenters. The maximum Gasteiger partial charge on any atom is 0.345 e. The number of halogens is 1. The summed E-state index contributed by atoms with van der Waals surface area (Å²) in [6, 6.07) is 19.4. The Kier molecular flexibility index (Phi) is 4.29. The first-order valence-corrected chi connectivity index (χ1v) is 8.24. The zero-order valence-electron chi connectivity index (χ0n) is 13.5. The molecular weight excluding hydrogens is 350 g/mol. The molecule has 4 rings (SSSR count). The molecule has 0 aliphatic carbocycles. The van der Waals surface area contributed by atoms with E-state index in [1.807, 2.05) is 18.2 Å². The summed E-state index contributed by atoms with van der Waals surface area (Å²) in [7, 11) is 0. The maximum atomic E-state index is 12.3. The molecule has 1 aliphatic rings. The lowest BCUT2D eigenvalue weighted by molar-refractivity contribution is 0.0735. The van der Waals surface area contributed by atoms with Crippen molar-refractivity contribution >= 4 is 40.8 Å². The Hall–Kier alpha value is -3.31. The van der Waals surface area contributed by atoms with E-state index in [4.69, 9.17) is 16.3 Å². The summed E-state index contributed by atoms with van der Waals surface area (Å²) in [6.07, 6.45) is 1.65. The molecular formula is C20H12ClN3O2. The van der Waals surface area contributed by atoms with E-state index in [-0.39, 0.29) is 0 Å². The van der Waals surface area contributed by atoms with E-state index >= 15 is 0 Å². The Morgan fingerprint density at radius 3 is 2.62 bits per heavy atom. The first-order valence-electron chi connectivity index (χ1n) is 7.86. The number of rotatable bonds is 2. The molecule has 0 bridgehead atoms. The van der Waals surface area contributed by atoms with Gasteiger partial charge in [-0.3, -0.25) is 4.99 Å². The highest BCUT2D eigenvalue weighted by molar-refractivity contribution is 6.32. The largest absolute Gasteiger partial charge is 0.422 e. The highest BCUT2D eigenvalue weighted by atomic mass is 35.5. The minimum atomic E-state index is -0.441. The summed E-state index contributed by atoms with van der Waals surface area (Å²) in [5, 5.41) is 8.88. The number of benzene rings is 3. The van der Waals surface area contributed by atoms with Crippen LogP contribution in [0.3, 0.4) is 0 Å². The zero-order chi connectivity index (χ0) is 17.9. The molecule has 126 valence electrons. The Bertz CT molecular complexity index is 1060. The molecule has 0 unspecified atom stereocenters. The highest BCUT2D eigenvalue weighted by Gasteiger charge is 2.17. The minimum absolute atomic E-state index is 0.421. The Morgan fingerprint density at radius 2 is 1.73 bits per heavy atom. The smallest absolute Gasteiger partial charge is 0.345 e. The van der Waals surface area contributed by atoms with Crippen LogP contribution in [0.5, 0.6) is 5.75 Å². The van der Waals surface area contributed by atoms with Gasteiger partial charge in [-0.1, -0.05) is 35.9 Å². The Balaban J connectivity index is 1.69. The SMILES string of the molecule is O=C1Oc2ccc(N=Nc3ccccc3Cl)cc2C=Nc2ccccc21. The molecule has 3 aromatic carbocycles. The fourth-order valence-electron chi connectivity index (χ4n) is 2.49. The monoisotopic (exact) mass is 361 g/mol. The number of para-hydroxylation sites is 1. The van der Waals surface area contributed by atoms with Crippen LogP contribution in [0.25, 0.3) is 0 Å². The number of azo groups is 1. The summed E-state index contributed by atoms with van der Waals surface area (Å²) >= 11 is 6.08. The molecule has 0 amide bonds. The first-order chi connectivity index (χ1) is 12.7. The number of carbonyl (C=O) groups excluding carboxylic acids is 1. The van der Waals surface area contributed by atoms with Crippen molar-refractivity contribution in [3.05, 3.63) is 82.9 Å². The van der Waals surface area contributed by atoms with Gasteiger partial charge in [-0.25, -0.2) is 4.79 Å². The molecule has 0 N–H and O–H groups in total. The van der Waals surface area contributed by atoms with Gasteiger partial charge in [0.25, 0.3) is 0 Å². The van der Waals surface area contributed by atoms with Crippen molar-refractivity contribution in [3.8, 4) is 5.75 Å². The van der Waals surface area contributed by atoms with Crippen molar-refractivity contribution in [2.45, 2.75) is 0 Å². The second-order valence-electron chi connectivity index (χ2n) is 5.54. The molecule has 0 spiro atoms. The number of hydrogen-bond acceptors (Lipinski definition) is 5. The minimum Gasteiger partial charge on any atom is -0.422 e. The van der Waals surface area contributed by atoms with Crippen molar-refractivity contribution in [2.75, 3.05) is 0 Å². The van der Waals surface area contributed by atoms with E-state index in [1.54, 1.807) is 54.7 Å². The molecule has 3 aromatic rings. The van der Waals surface area contributed by atoms with Crippen molar-refractivity contribution in [1.29, 1.82) is 0 Å². The average Bonchev–Trinajstić information content (AvgIpc) is 2.66. The highest BCUT2D eigenvalue weighted by Crippen LogP contribution is 2.31. The standard InChI is InChI=1S/C20H12ClN3O2/c21-16-6-2-4-8-18(16)24-23-14-9-10-19-13(11-14)12-22-17-7-3-1-5-15(17)20(25)26-19/h1-12H. The van der Waals surface area contributed by atoms with Crippen molar-refractivity contribution in [1.82, 2.24) is 0 Å². The van der Waals surface area contributed by atoms with Gasteiger partial charge < -0.3 is 4.74 Å². The van der Waals surface area contributed by atoms with Crippen LogP contribution in [0.4, 0.5) is 17.1 Å². The predicted molar refractivity (Wildman–Crippen MR) is 101 cm³/mol. The number of fused-ring (bicyclic) bond motifs is 2. The summed E-state index contributed by atoms with van der Waals surface area (Å²) in [5.74, 6) is -0.0194. The van der Waals surface area contributed by atoms with Gasteiger partial charge in [-0.2, -0.15) is 5.11 Å². The lowest BCUT2D eigenvalue weighted by atomic mass is 10.1. The third kappa shape index (κ3) is 3.25. The van der Waals surface area contributed by atoms with E-state index < -0.39 is 5.97 Å². The van der Waals surface area contributed by atoms with Crippen LogP contribution >= 0.6 is 11.6 Å². The van der Waals surface area contributed by atoms with Crippen LogP contribution in [-0.4, -0.2) is 12.2 Å². The third-order valence-corrected chi connectivity index (χ3v) is 4.11. The normalized spacial score (nSPS) is 12.9. The third-order valence-electron chi connectivity index (χ3n) is 3.79. The van der Waals surface area contributed by atoms with E-state index in [0.717, 1.165) is 0 Å². The Morgan fingerprint density at radius 1 is 0.923 bits per heavy atom. The number of ether oxygens (including phenoxy) is 1. The second kappa shape index (κ2) is 6.90. The first kappa shape index (κ1) is 16.2. The molecule has 0 aromatic heterocycles.